The fraction of sp³-hybridized carbons (Fsp3) is 0.278. The van der Waals surface area contributed by atoms with Gasteiger partial charge in [-0.3, -0.25) is 13.9 Å². The van der Waals surface area contributed by atoms with Crippen molar-refractivity contribution in [2.45, 2.75) is 50.6 Å². The topological polar surface area (TPSA) is 96.0 Å². The van der Waals surface area contributed by atoms with Crippen molar-refractivity contribution in [1.29, 1.82) is 0 Å². The van der Waals surface area contributed by atoms with E-state index in [2.05, 4.69) is 5.32 Å². The maximum Gasteiger partial charge on any atom is 0.264 e. The van der Waals surface area contributed by atoms with E-state index in [1.807, 2.05) is 44.2 Å². The zero-order valence-corrected chi connectivity index (χ0v) is 29.0. The number of halogens is 2. The summed E-state index contributed by atoms with van der Waals surface area (Å²) in [5.41, 5.74) is 2.37. The van der Waals surface area contributed by atoms with Gasteiger partial charge in [-0.2, -0.15) is 0 Å². The quantitative estimate of drug-likeness (QED) is 0.134. The van der Waals surface area contributed by atoms with Crippen molar-refractivity contribution in [3.8, 4) is 5.75 Å². The normalized spacial score (nSPS) is 11.9. The molecule has 0 aromatic heterocycles. The molecular formula is C36H39Cl2N3O5S. The SMILES string of the molecule is CCCCNC(=O)C(Cc1ccccc1)N(Cc1c(Cl)cccc1Cl)C(=O)CN(c1cccc(OC)c1)S(=O)(=O)c1ccc(C)cc1. The molecular weight excluding hydrogens is 657 g/mol. The zero-order valence-electron chi connectivity index (χ0n) is 26.7. The summed E-state index contributed by atoms with van der Waals surface area (Å²) in [4.78, 5) is 29.9. The minimum Gasteiger partial charge on any atom is -0.497 e. The first-order valence-corrected chi connectivity index (χ1v) is 17.5. The summed E-state index contributed by atoms with van der Waals surface area (Å²) in [6, 6.07) is 26.2. The van der Waals surface area contributed by atoms with Crippen LogP contribution >= 0.6 is 23.2 Å². The second-order valence-corrected chi connectivity index (χ2v) is 13.8. The van der Waals surface area contributed by atoms with Gasteiger partial charge in [0.15, 0.2) is 0 Å². The van der Waals surface area contributed by atoms with Crippen molar-refractivity contribution >= 4 is 50.7 Å². The maximum absolute atomic E-state index is 14.6. The number of nitrogens with one attached hydrogen (secondary N) is 1. The minimum absolute atomic E-state index is 0.0116. The number of unbranched alkanes of at least 4 members (excludes halogenated alkanes) is 1. The molecule has 4 aromatic rings. The van der Waals surface area contributed by atoms with Crippen LogP contribution < -0.4 is 14.4 Å². The lowest BCUT2D eigenvalue weighted by molar-refractivity contribution is -0.140. The van der Waals surface area contributed by atoms with E-state index in [1.165, 1.54) is 24.1 Å². The molecule has 4 rings (SSSR count). The number of rotatable bonds is 15. The Bertz CT molecular complexity index is 1750. The number of anilines is 1. The molecule has 1 unspecified atom stereocenters. The molecule has 0 aliphatic carbocycles. The maximum atomic E-state index is 14.6. The molecule has 2 amide bonds. The first-order chi connectivity index (χ1) is 22.5. The zero-order chi connectivity index (χ0) is 34.0. The van der Waals surface area contributed by atoms with Crippen molar-refractivity contribution in [2.75, 3.05) is 24.5 Å². The van der Waals surface area contributed by atoms with E-state index in [0.29, 0.717) is 27.9 Å². The van der Waals surface area contributed by atoms with E-state index in [9.17, 15) is 18.0 Å². The largest absolute Gasteiger partial charge is 0.497 e. The Morgan fingerprint density at radius 2 is 1.55 bits per heavy atom. The molecule has 47 heavy (non-hydrogen) atoms. The summed E-state index contributed by atoms with van der Waals surface area (Å²) in [7, 11) is -2.78. The highest BCUT2D eigenvalue weighted by Gasteiger charge is 2.35. The highest BCUT2D eigenvalue weighted by Crippen LogP contribution is 2.30. The first kappa shape index (κ1) is 35.8. The molecule has 0 heterocycles. The summed E-state index contributed by atoms with van der Waals surface area (Å²) in [5.74, 6) is -0.574. The number of hydrogen-bond donors (Lipinski definition) is 1. The smallest absolute Gasteiger partial charge is 0.264 e. The number of methoxy groups -OCH3 is 1. The van der Waals surface area contributed by atoms with E-state index in [-0.39, 0.29) is 29.5 Å². The van der Waals surface area contributed by atoms with Gasteiger partial charge < -0.3 is 15.0 Å². The van der Waals surface area contributed by atoms with Gasteiger partial charge in [-0.1, -0.05) is 96.7 Å². The van der Waals surface area contributed by atoms with Crippen LogP contribution in [0.2, 0.25) is 10.0 Å². The van der Waals surface area contributed by atoms with Crippen LogP contribution in [0, 0.1) is 6.92 Å². The molecule has 0 saturated heterocycles. The molecule has 0 spiro atoms. The van der Waals surface area contributed by atoms with Crippen LogP contribution in [0.5, 0.6) is 5.75 Å². The summed E-state index contributed by atoms with van der Waals surface area (Å²) >= 11 is 13.2. The molecule has 0 bridgehead atoms. The Balaban J connectivity index is 1.83. The summed E-state index contributed by atoms with van der Waals surface area (Å²) < 4.78 is 34.9. The third kappa shape index (κ3) is 9.28. The van der Waals surface area contributed by atoms with Crippen molar-refractivity contribution in [2.24, 2.45) is 0 Å². The number of hydrogen-bond acceptors (Lipinski definition) is 5. The highest BCUT2D eigenvalue weighted by molar-refractivity contribution is 7.92. The van der Waals surface area contributed by atoms with Gasteiger partial charge >= 0.3 is 0 Å². The number of benzene rings is 4. The standard InChI is InChI=1S/C36H39Cl2N3O5S/c1-4-5-21-39-36(43)34(22-27-11-7-6-8-12-27)40(24-31-32(37)15-10-16-33(31)38)35(42)25-41(28-13-9-14-29(23-28)46-3)47(44,45)30-19-17-26(2)18-20-30/h6-20,23,34H,4-5,21-22,24-25H2,1-3H3,(H,39,43). The average molecular weight is 697 g/mol. The number of aryl methyl sites for hydroxylation is 1. The van der Waals surface area contributed by atoms with E-state index in [4.69, 9.17) is 27.9 Å². The number of nitrogens with zero attached hydrogens (tertiary/aromatic N) is 2. The number of amides is 2. The van der Waals surface area contributed by atoms with Crippen LogP contribution in [-0.4, -0.2) is 51.4 Å². The van der Waals surface area contributed by atoms with E-state index in [0.717, 1.165) is 28.3 Å². The van der Waals surface area contributed by atoms with E-state index >= 15 is 0 Å². The van der Waals surface area contributed by atoms with Crippen LogP contribution in [0.1, 0.15) is 36.5 Å². The van der Waals surface area contributed by atoms with Gasteiger partial charge in [0.25, 0.3) is 10.0 Å². The molecule has 11 heteroatoms. The Morgan fingerprint density at radius 3 is 2.19 bits per heavy atom. The molecule has 0 aliphatic rings. The average Bonchev–Trinajstić information content (AvgIpc) is 3.07. The van der Waals surface area contributed by atoms with Crippen LogP contribution in [0.3, 0.4) is 0 Å². The summed E-state index contributed by atoms with van der Waals surface area (Å²) in [6.07, 6.45) is 1.80. The predicted octanol–water partition coefficient (Wildman–Crippen LogP) is 7.06. The molecule has 0 radical (unpaired) electrons. The number of sulfonamides is 1. The van der Waals surface area contributed by atoms with Gasteiger partial charge in [-0.05, 0) is 55.3 Å². The van der Waals surface area contributed by atoms with Gasteiger partial charge in [-0.25, -0.2) is 8.42 Å². The summed E-state index contributed by atoms with van der Waals surface area (Å²) in [6.45, 7) is 3.55. The number of carbonyl (C=O) groups is 2. The van der Waals surface area contributed by atoms with Crippen molar-refractivity contribution < 1.29 is 22.7 Å². The third-order valence-electron chi connectivity index (χ3n) is 7.72. The Labute approximate surface area is 287 Å². The number of ether oxygens (including phenoxy) is 1. The fourth-order valence-electron chi connectivity index (χ4n) is 5.05. The molecule has 1 N–H and O–H groups in total. The van der Waals surface area contributed by atoms with Gasteiger partial charge in [0.05, 0.1) is 17.7 Å². The first-order valence-electron chi connectivity index (χ1n) is 15.3. The fourth-order valence-corrected chi connectivity index (χ4v) is 6.97. The highest BCUT2D eigenvalue weighted by atomic mass is 35.5. The van der Waals surface area contributed by atoms with E-state index < -0.39 is 28.5 Å². The Morgan fingerprint density at radius 1 is 0.894 bits per heavy atom. The van der Waals surface area contributed by atoms with Gasteiger partial charge in [-0.15, -0.1) is 0 Å². The third-order valence-corrected chi connectivity index (χ3v) is 10.2. The number of carbonyl (C=O) groups excluding carboxylic acids is 2. The minimum atomic E-state index is -4.26. The van der Waals surface area contributed by atoms with Gasteiger partial charge in [0, 0.05) is 41.2 Å². The molecule has 0 fully saturated rings. The molecule has 248 valence electrons. The lowest BCUT2D eigenvalue weighted by atomic mass is 10.0. The Kier molecular flexibility index (Phi) is 12.7. The molecule has 8 nitrogen and oxygen atoms in total. The van der Waals surface area contributed by atoms with Crippen LogP contribution in [0.4, 0.5) is 5.69 Å². The Hall–Kier alpha value is -4.05. The second-order valence-electron chi connectivity index (χ2n) is 11.1. The van der Waals surface area contributed by atoms with Crippen molar-refractivity contribution in [1.82, 2.24) is 10.2 Å². The molecule has 1 atom stereocenters. The lowest BCUT2D eigenvalue weighted by Crippen LogP contribution is -2.53. The molecule has 4 aromatic carbocycles. The summed E-state index contributed by atoms with van der Waals surface area (Å²) in [5, 5.41) is 3.60. The van der Waals surface area contributed by atoms with Crippen molar-refractivity contribution in [3.05, 3.63) is 124 Å². The lowest BCUT2D eigenvalue weighted by Gasteiger charge is -2.34. The molecule has 0 aliphatic heterocycles. The van der Waals surface area contributed by atoms with Crippen molar-refractivity contribution in [3.63, 3.8) is 0 Å². The van der Waals surface area contributed by atoms with E-state index in [1.54, 1.807) is 54.6 Å². The van der Waals surface area contributed by atoms with Gasteiger partial charge in [0.2, 0.25) is 11.8 Å². The van der Waals surface area contributed by atoms with Crippen LogP contribution in [0.25, 0.3) is 0 Å². The van der Waals surface area contributed by atoms with Crippen LogP contribution in [0.15, 0.2) is 102 Å². The molecule has 0 saturated carbocycles. The predicted molar refractivity (Wildman–Crippen MR) is 188 cm³/mol. The van der Waals surface area contributed by atoms with Crippen LogP contribution in [-0.2, 0) is 32.6 Å². The second kappa shape index (κ2) is 16.7. The van der Waals surface area contributed by atoms with Gasteiger partial charge in [0.1, 0.15) is 18.3 Å². The monoisotopic (exact) mass is 695 g/mol.